The number of hydrogen-bond donors (Lipinski definition) is 6. The summed E-state index contributed by atoms with van der Waals surface area (Å²) in [4.78, 5) is 192. The van der Waals surface area contributed by atoms with Gasteiger partial charge in [0.05, 0.1) is 31.8 Å². The van der Waals surface area contributed by atoms with E-state index in [-0.39, 0.29) is 69.4 Å². The fourth-order valence-electron chi connectivity index (χ4n) is 13.7. The first-order valence-corrected chi connectivity index (χ1v) is 37.7. The number of unbranched alkanes of at least 4 members (excludes halogenated alkanes) is 1. The first kappa shape index (κ1) is 89.4. The first-order chi connectivity index (χ1) is 49.3. The average molecular weight is 1470 g/mol. The topological polar surface area (TPSA) is 329 Å². The summed E-state index contributed by atoms with van der Waals surface area (Å²) in [6.07, 6.45) is 0.304. The Morgan fingerprint density at radius 1 is 0.495 bits per heavy atom. The third-order valence-corrected chi connectivity index (χ3v) is 19.8. The highest BCUT2D eigenvalue weighted by atomic mass is 16.5. The van der Waals surface area contributed by atoms with Crippen LogP contribution in [0.3, 0.4) is 0 Å². The van der Waals surface area contributed by atoms with Crippen molar-refractivity contribution in [3.8, 4) is 0 Å². The highest BCUT2D eigenvalue weighted by Gasteiger charge is 2.45. The van der Waals surface area contributed by atoms with Crippen molar-refractivity contribution in [2.75, 3.05) is 81.7 Å². The largest absolute Gasteiger partial charge is 0.393 e. The molecule has 0 spiro atoms. The van der Waals surface area contributed by atoms with E-state index in [1.165, 1.54) is 78.6 Å². The maximum absolute atomic E-state index is 15.6. The molecule has 2 heterocycles. The van der Waals surface area contributed by atoms with Gasteiger partial charge in [-0.2, -0.15) is 0 Å². The van der Waals surface area contributed by atoms with E-state index >= 15 is 43.2 Å². The highest BCUT2D eigenvalue weighted by molar-refractivity contribution is 6.00. The maximum Gasteiger partial charge on any atom is 0.248 e. The number of nitrogens with zero attached hydrogens (tertiary/aromatic N) is 8. The maximum atomic E-state index is 15.6. The number of piperidine rings is 1. The van der Waals surface area contributed by atoms with E-state index in [4.69, 9.17) is 4.74 Å². The third-order valence-electron chi connectivity index (χ3n) is 19.8. The van der Waals surface area contributed by atoms with E-state index in [0.29, 0.717) is 49.9 Å². The Bertz CT molecular complexity index is 3180. The molecule has 27 nitrogen and oxygen atoms in total. The quantitative estimate of drug-likeness (QED) is 0.0907. The molecule has 2 saturated heterocycles. The number of likely N-dealkylation sites (tertiary alicyclic amines) is 1. The fraction of sp³-hybridized carbons (Fsp3) is 0.692. The van der Waals surface area contributed by atoms with Gasteiger partial charge < -0.3 is 75.4 Å². The van der Waals surface area contributed by atoms with Crippen LogP contribution in [-0.4, -0.2) is 275 Å². The normalized spacial score (nSPS) is 24.8. The van der Waals surface area contributed by atoms with Gasteiger partial charge in [0.1, 0.15) is 60.4 Å². The number of nitrogens with one attached hydrogen (secondary N) is 4. The number of carbonyl (C=O) groups excluding carboxylic acids is 12. The van der Waals surface area contributed by atoms with Crippen LogP contribution in [0.5, 0.6) is 0 Å². The Kier molecular flexibility index (Phi) is 36.5. The summed E-state index contributed by atoms with van der Waals surface area (Å²) in [6, 6.07) is 3.70. The van der Waals surface area contributed by atoms with Crippen LogP contribution < -0.4 is 21.3 Å². The van der Waals surface area contributed by atoms with Crippen molar-refractivity contribution in [1.29, 1.82) is 0 Å². The van der Waals surface area contributed by atoms with Gasteiger partial charge in [0.15, 0.2) is 0 Å². The summed E-state index contributed by atoms with van der Waals surface area (Å²) in [6.45, 7) is 22.2. The number of carbonyl (C=O) groups is 12. The fourth-order valence-corrected chi connectivity index (χ4v) is 13.7. The molecule has 2 aromatic rings. The molecule has 12 amide bonds. The van der Waals surface area contributed by atoms with Gasteiger partial charge in [0, 0.05) is 81.4 Å². The van der Waals surface area contributed by atoms with Crippen LogP contribution in [-0.2, 0) is 75.1 Å². The molecule has 2 aliphatic rings. The predicted octanol–water partition coefficient (Wildman–Crippen LogP) is 4.04. The molecule has 588 valence electrons. The zero-order valence-corrected chi connectivity index (χ0v) is 66.1. The number of amides is 12. The van der Waals surface area contributed by atoms with Crippen LogP contribution in [0.1, 0.15) is 165 Å². The third kappa shape index (κ3) is 26.5. The Labute approximate surface area is 623 Å². The van der Waals surface area contributed by atoms with E-state index < -0.39 is 175 Å². The van der Waals surface area contributed by atoms with Gasteiger partial charge in [-0.25, -0.2) is 0 Å². The Morgan fingerprint density at radius 3 is 1.48 bits per heavy atom. The Hall–Kier alpha value is -8.04. The zero-order chi connectivity index (χ0) is 78.9. The van der Waals surface area contributed by atoms with E-state index in [9.17, 15) is 24.6 Å². The molecule has 0 radical (unpaired) electrons. The number of benzene rings is 2. The van der Waals surface area contributed by atoms with Gasteiger partial charge in [-0.05, 0) is 106 Å². The Morgan fingerprint density at radius 2 is 0.962 bits per heavy atom. The Balaban J connectivity index is 2.04. The van der Waals surface area contributed by atoms with Crippen molar-refractivity contribution in [2.45, 2.75) is 240 Å². The molecule has 0 saturated carbocycles. The van der Waals surface area contributed by atoms with Gasteiger partial charge in [0.25, 0.3) is 0 Å². The van der Waals surface area contributed by atoms with Crippen molar-refractivity contribution in [3.05, 3.63) is 71.8 Å². The summed E-state index contributed by atoms with van der Waals surface area (Å²) in [5, 5.41) is 33.1. The zero-order valence-electron chi connectivity index (χ0n) is 66.1. The molecule has 0 unspecified atom stereocenters. The lowest BCUT2D eigenvalue weighted by molar-refractivity contribution is -0.152. The molecule has 12 atom stereocenters. The van der Waals surface area contributed by atoms with Gasteiger partial charge >= 0.3 is 0 Å². The minimum absolute atomic E-state index is 0.0277. The summed E-state index contributed by atoms with van der Waals surface area (Å²) < 4.78 is 6.04. The van der Waals surface area contributed by atoms with Gasteiger partial charge in [-0.3, -0.25) is 57.5 Å². The molecule has 6 N–H and O–H groups in total. The van der Waals surface area contributed by atoms with Crippen LogP contribution in [0.15, 0.2) is 60.7 Å². The molecular weight excluding hydrogens is 1340 g/mol. The summed E-state index contributed by atoms with van der Waals surface area (Å²) in [5.41, 5.74) is 1.23. The first-order valence-electron chi connectivity index (χ1n) is 37.7. The lowest BCUT2D eigenvalue weighted by atomic mass is 9.96. The second kappa shape index (κ2) is 42.9. The van der Waals surface area contributed by atoms with E-state index in [1.807, 2.05) is 48.5 Å². The van der Waals surface area contributed by atoms with Crippen molar-refractivity contribution in [1.82, 2.24) is 60.5 Å². The number of aliphatic hydroxyl groups is 2. The van der Waals surface area contributed by atoms with Crippen LogP contribution in [0.2, 0.25) is 0 Å². The monoisotopic (exact) mass is 1470 g/mol. The summed E-state index contributed by atoms with van der Waals surface area (Å²) in [7, 11) is 8.44. The van der Waals surface area contributed by atoms with Crippen molar-refractivity contribution in [2.24, 2.45) is 29.6 Å². The number of rotatable bonds is 22. The van der Waals surface area contributed by atoms with Crippen LogP contribution >= 0.6 is 0 Å². The second-order valence-corrected chi connectivity index (χ2v) is 30.8. The average Bonchev–Trinajstić information content (AvgIpc) is 0.817. The number of aliphatic hydroxyl groups excluding tert-OH is 2. The molecule has 105 heavy (non-hydrogen) atoms. The van der Waals surface area contributed by atoms with Gasteiger partial charge in [-0.1, -0.05) is 143 Å². The van der Waals surface area contributed by atoms with Gasteiger partial charge in [-0.15, -0.1) is 0 Å². The second-order valence-electron chi connectivity index (χ2n) is 30.8. The number of ether oxygens (including phenoxy) is 1. The molecule has 2 fully saturated rings. The molecule has 2 aliphatic heterocycles. The van der Waals surface area contributed by atoms with Crippen molar-refractivity contribution in [3.63, 3.8) is 0 Å². The summed E-state index contributed by atoms with van der Waals surface area (Å²) >= 11 is 0. The van der Waals surface area contributed by atoms with Crippen molar-refractivity contribution < 1.29 is 72.5 Å². The minimum atomic E-state index is -1.69. The van der Waals surface area contributed by atoms with Crippen LogP contribution in [0.4, 0.5) is 0 Å². The molecule has 27 heteroatoms. The summed E-state index contributed by atoms with van der Waals surface area (Å²) in [5.74, 6) is -10.8. The van der Waals surface area contributed by atoms with E-state index in [2.05, 4.69) is 21.3 Å². The minimum Gasteiger partial charge on any atom is -0.393 e. The molecular formula is C78H126N12O15. The van der Waals surface area contributed by atoms with Gasteiger partial charge in [0.2, 0.25) is 70.9 Å². The smallest absolute Gasteiger partial charge is 0.248 e. The van der Waals surface area contributed by atoms with Crippen LogP contribution in [0, 0.1) is 29.6 Å². The number of hydrogen-bond acceptors (Lipinski definition) is 15. The molecule has 2 aromatic carbocycles. The molecule has 0 aliphatic carbocycles. The molecule has 0 aromatic heterocycles. The van der Waals surface area contributed by atoms with Crippen molar-refractivity contribution >= 4 is 70.9 Å². The highest BCUT2D eigenvalue weighted by Crippen LogP contribution is 2.25. The van der Waals surface area contributed by atoms with Crippen LogP contribution in [0.25, 0.3) is 0 Å². The predicted molar refractivity (Wildman–Crippen MR) is 401 cm³/mol. The molecule has 0 bridgehead atoms. The van der Waals surface area contributed by atoms with E-state index in [1.54, 1.807) is 100 Å². The lowest BCUT2D eigenvalue weighted by Gasteiger charge is -2.39. The standard InChI is InChI=1S/C78H126N12O15/c1-20-21-36-90-46-65(94)83(14)60(41-49(4)5)69(95)79-58(75(101)89-37-29-24-30-38-89)45-64(93)87(18)67(51(8)9)71(97)80-57(40-48(2)3)73(99)85(16)62(42-50(6)7)76(102)84(15)61(43-55-31-25-22-26-32-55)70(96)81-59(47-105-39-35-53(12)91)74(100)86(17)63(44-56-33-27-23-28-34-56)77(103)88(19)68(52(10)11)72(98)82-66(54(13)92)78(90)104/h22-23,25-28,31-34,48-54,57-63,66-68,91-92H,20-21,24,29-30,35-47H2,1-19H3,(H,79,95)(H,80,97)(H,81,96)(H,82,98)/t53-,54-,57+,58+,59+,60+,61+,62+,63+,66+,67+,68+/m1/s1. The van der Waals surface area contributed by atoms with E-state index in [0.717, 1.165) is 11.3 Å². The molecule has 4 rings (SSSR count). The SMILES string of the molecule is CCCCN1CC(=O)N(C)[C@@H](CC(C)C)C(=O)N[C@H](C(=O)N2CCCCC2)CC(=O)N(C)[C@@H](C(C)C)C(=O)N[C@@H](CC(C)C)C(=O)N(C)[C@@H](CC(C)C)C(=O)N(C)[C@@H](Cc2ccccc2)C(=O)N[C@@H](COCC[C@@H](C)O)C(=O)N(C)[C@@H](Cc2ccccc2)C(=O)N(C)[C@@H](C(C)C)C(=O)N[C@@H]([C@@H](C)O)C1=O. The number of likely N-dealkylation sites (N-methyl/N-ethyl adjacent to an activating group) is 6. The lowest BCUT2D eigenvalue weighted by Crippen LogP contribution is -2.63.